The van der Waals surface area contributed by atoms with Crippen molar-refractivity contribution in [2.45, 2.75) is 19.4 Å². The Balaban J connectivity index is 3.38. The molecule has 1 aromatic carbocycles. The van der Waals surface area contributed by atoms with Crippen LogP contribution in [0, 0.1) is 0 Å². The van der Waals surface area contributed by atoms with E-state index in [0.29, 0.717) is 16.5 Å². The van der Waals surface area contributed by atoms with Gasteiger partial charge in [-0.2, -0.15) is 0 Å². The molecule has 2 N–H and O–H groups in total. The molecule has 0 aromatic heterocycles. The molecule has 84 valence electrons. The largest absolute Gasteiger partial charge is 0.497 e. The fourth-order valence-electron chi connectivity index (χ4n) is 1.46. The Morgan fingerprint density at radius 1 is 1.20 bits per heavy atom. The van der Waals surface area contributed by atoms with Crippen LogP contribution in [0.2, 0.25) is 5.02 Å². The van der Waals surface area contributed by atoms with Crippen molar-refractivity contribution in [3.63, 3.8) is 0 Å². The third-order valence-electron chi connectivity index (χ3n) is 2.13. The quantitative estimate of drug-likeness (QED) is 0.867. The molecule has 0 aliphatic heterocycles. The van der Waals surface area contributed by atoms with Gasteiger partial charge in [0.15, 0.2) is 0 Å². The Hall–Kier alpha value is -0.930. The summed E-state index contributed by atoms with van der Waals surface area (Å²) in [6.07, 6.45) is 0. The van der Waals surface area contributed by atoms with Crippen molar-refractivity contribution in [1.29, 1.82) is 0 Å². The number of halogens is 1. The normalized spacial score (nSPS) is 11.3. The summed E-state index contributed by atoms with van der Waals surface area (Å²) in [6, 6.07) is 3.50. The Morgan fingerprint density at radius 2 is 1.80 bits per heavy atom. The summed E-state index contributed by atoms with van der Waals surface area (Å²) in [4.78, 5) is 0. The molecule has 0 aliphatic rings. The molecule has 0 unspecified atom stereocenters. The Morgan fingerprint density at radius 3 is 2.20 bits per heavy atom. The first kappa shape index (κ1) is 12.1. The zero-order valence-corrected chi connectivity index (χ0v) is 10.2. The minimum atomic E-state index is -0.547. The molecule has 0 amide bonds. The van der Waals surface area contributed by atoms with Crippen molar-refractivity contribution < 1.29 is 9.47 Å². The standard InChI is InChI=1S/C11H16ClNO2/c1-11(2,13)10-8(12)5-7(14-3)6-9(10)15-4/h5-6H,13H2,1-4H3. The van der Waals surface area contributed by atoms with Crippen LogP contribution in [-0.2, 0) is 5.54 Å². The van der Waals surface area contributed by atoms with Crippen molar-refractivity contribution in [3.8, 4) is 11.5 Å². The zero-order chi connectivity index (χ0) is 11.6. The predicted octanol–water partition coefficient (Wildman–Crippen LogP) is 2.55. The van der Waals surface area contributed by atoms with E-state index in [-0.39, 0.29) is 0 Å². The van der Waals surface area contributed by atoms with Gasteiger partial charge in [-0.25, -0.2) is 0 Å². The van der Waals surface area contributed by atoms with E-state index in [2.05, 4.69) is 0 Å². The van der Waals surface area contributed by atoms with E-state index in [1.165, 1.54) is 0 Å². The molecule has 0 saturated carbocycles. The molecular formula is C11H16ClNO2. The first-order valence-electron chi connectivity index (χ1n) is 4.61. The monoisotopic (exact) mass is 229 g/mol. The lowest BCUT2D eigenvalue weighted by Gasteiger charge is -2.23. The highest BCUT2D eigenvalue weighted by Crippen LogP contribution is 2.37. The molecule has 1 rings (SSSR count). The highest BCUT2D eigenvalue weighted by molar-refractivity contribution is 6.31. The molecule has 1 aromatic rings. The number of ether oxygens (including phenoxy) is 2. The third-order valence-corrected chi connectivity index (χ3v) is 2.43. The van der Waals surface area contributed by atoms with Gasteiger partial charge in [0.25, 0.3) is 0 Å². The summed E-state index contributed by atoms with van der Waals surface area (Å²) >= 11 is 6.14. The summed E-state index contributed by atoms with van der Waals surface area (Å²) in [5.41, 5.74) is 6.26. The van der Waals surface area contributed by atoms with Gasteiger partial charge >= 0.3 is 0 Å². The van der Waals surface area contributed by atoms with Crippen molar-refractivity contribution in [3.05, 3.63) is 22.7 Å². The molecule has 4 heteroatoms. The van der Waals surface area contributed by atoms with Gasteiger partial charge in [0.1, 0.15) is 11.5 Å². The van der Waals surface area contributed by atoms with E-state index in [4.69, 9.17) is 26.8 Å². The van der Waals surface area contributed by atoms with Crippen LogP contribution in [-0.4, -0.2) is 14.2 Å². The Kier molecular flexibility index (Phi) is 3.47. The smallest absolute Gasteiger partial charge is 0.129 e. The number of hydrogen-bond donors (Lipinski definition) is 1. The van der Waals surface area contributed by atoms with Crippen molar-refractivity contribution in [2.75, 3.05) is 14.2 Å². The maximum absolute atomic E-state index is 6.14. The van der Waals surface area contributed by atoms with Gasteiger partial charge in [-0.15, -0.1) is 0 Å². The van der Waals surface area contributed by atoms with Crippen LogP contribution in [0.1, 0.15) is 19.4 Å². The SMILES string of the molecule is COc1cc(Cl)c(C(C)(C)N)c(OC)c1. The minimum Gasteiger partial charge on any atom is -0.497 e. The van der Waals surface area contributed by atoms with Gasteiger partial charge in [0, 0.05) is 17.2 Å². The highest BCUT2D eigenvalue weighted by Gasteiger charge is 2.23. The lowest BCUT2D eigenvalue weighted by Crippen LogP contribution is -2.29. The lowest BCUT2D eigenvalue weighted by atomic mass is 9.94. The van der Waals surface area contributed by atoms with Crippen LogP contribution in [0.4, 0.5) is 0 Å². The third kappa shape index (κ3) is 2.55. The summed E-state index contributed by atoms with van der Waals surface area (Å²) in [5, 5.41) is 0.554. The van der Waals surface area contributed by atoms with Gasteiger partial charge in [0.2, 0.25) is 0 Å². The predicted molar refractivity (Wildman–Crippen MR) is 61.8 cm³/mol. The molecule has 0 radical (unpaired) electrons. The molecule has 3 nitrogen and oxygen atoms in total. The molecule has 0 heterocycles. The van der Waals surface area contributed by atoms with Crippen molar-refractivity contribution in [1.82, 2.24) is 0 Å². The van der Waals surface area contributed by atoms with Gasteiger partial charge in [-0.1, -0.05) is 11.6 Å². The molecule has 0 saturated heterocycles. The summed E-state index contributed by atoms with van der Waals surface area (Å²) < 4.78 is 10.4. The summed E-state index contributed by atoms with van der Waals surface area (Å²) in [7, 11) is 3.17. The van der Waals surface area contributed by atoms with E-state index in [0.717, 1.165) is 5.56 Å². The van der Waals surface area contributed by atoms with Crippen LogP contribution in [0.3, 0.4) is 0 Å². The van der Waals surface area contributed by atoms with E-state index >= 15 is 0 Å². The second kappa shape index (κ2) is 4.29. The van der Waals surface area contributed by atoms with Gasteiger partial charge < -0.3 is 15.2 Å². The van der Waals surface area contributed by atoms with Crippen LogP contribution in [0.5, 0.6) is 11.5 Å². The Bertz CT molecular complexity index is 358. The average Bonchev–Trinajstić information content (AvgIpc) is 2.14. The van der Waals surface area contributed by atoms with Crippen molar-refractivity contribution in [2.24, 2.45) is 5.73 Å². The average molecular weight is 230 g/mol. The highest BCUT2D eigenvalue weighted by atomic mass is 35.5. The summed E-state index contributed by atoms with van der Waals surface area (Å²) in [5.74, 6) is 1.30. The zero-order valence-electron chi connectivity index (χ0n) is 9.43. The minimum absolute atomic E-state index is 0.547. The molecule has 0 fully saturated rings. The fraction of sp³-hybridized carbons (Fsp3) is 0.455. The number of hydrogen-bond acceptors (Lipinski definition) is 3. The molecule has 0 aliphatic carbocycles. The van der Waals surface area contributed by atoms with E-state index in [9.17, 15) is 0 Å². The fourth-order valence-corrected chi connectivity index (χ4v) is 1.91. The lowest BCUT2D eigenvalue weighted by molar-refractivity contribution is 0.381. The first-order chi connectivity index (χ1) is 6.90. The molecule has 15 heavy (non-hydrogen) atoms. The second-order valence-corrected chi connectivity index (χ2v) is 4.32. The van der Waals surface area contributed by atoms with E-state index < -0.39 is 5.54 Å². The molecule has 0 bridgehead atoms. The van der Waals surface area contributed by atoms with Gasteiger partial charge in [-0.3, -0.25) is 0 Å². The van der Waals surface area contributed by atoms with Gasteiger partial charge in [-0.05, 0) is 19.9 Å². The number of nitrogens with two attached hydrogens (primary N) is 1. The number of rotatable bonds is 3. The van der Waals surface area contributed by atoms with Crippen LogP contribution in [0.25, 0.3) is 0 Å². The number of benzene rings is 1. The van der Waals surface area contributed by atoms with E-state index in [1.54, 1.807) is 26.4 Å². The van der Waals surface area contributed by atoms with Crippen LogP contribution >= 0.6 is 11.6 Å². The van der Waals surface area contributed by atoms with Crippen molar-refractivity contribution >= 4 is 11.6 Å². The van der Waals surface area contributed by atoms with Crippen LogP contribution < -0.4 is 15.2 Å². The van der Waals surface area contributed by atoms with E-state index in [1.807, 2.05) is 13.8 Å². The molecular weight excluding hydrogens is 214 g/mol. The molecule has 0 spiro atoms. The van der Waals surface area contributed by atoms with Gasteiger partial charge in [0.05, 0.1) is 19.2 Å². The maximum Gasteiger partial charge on any atom is 0.129 e. The topological polar surface area (TPSA) is 44.5 Å². The molecule has 0 atom stereocenters. The second-order valence-electron chi connectivity index (χ2n) is 3.91. The summed E-state index contributed by atoms with van der Waals surface area (Å²) in [6.45, 7) is 3.76. The maximum atomic E-state index is 6.14. The first-order valence-corrected chi connectivity index (χ1v) is 4.99. The number of methoxy groups -OCH3 is 2. The Labute approximate surface area is 95.1 Å². The van der Waals surface area contributed by atoms with Crippen LogP contribution in [0.15, 0.2) is 12.1 Å².